The molecule has 20 heavy (non-hydrogen) atoms. The Morgan fingerprint density at radius 1 is 1.45 bits per heavy atom. The Balaban J connectivity index is 2.14. The molecular formula is C15H19N3O2. The first-order valence-corrected chi connectivity index (χ1v) is 6.52. The van der Waals surface area contributed by atoms with Crippen LogP contribution in [0.1, 0.15) is 19.4 Å². The zero-order valence-electron chi connectivity index (χ0n) is 11.6. The van der Waals surface area contributed by atoms with Gasteiger partial charge >= 0.3 is 0 Å². The van der Waals surface area contributed by atoms with E-state index >= 15 is 0 Å². The standard InChI is InChI=1S/C15H19N3O2/c1-15(2,16)14(20)18-11(9-19)7-10-8-17-13-6-4-3-5-12(10)13/h3-6,8-9,11,17H,7,16H2,1-2H3,(H,18,20)/t11-/m1/s1. The molecule has 106 valence electrons. The SMILES string of the molecule is CC(C)(N)C(=O)N[C@@H](C=O)Cc1c[nH]c2ccccc12. The number of nitrogens with two attached hydrogens (primary N) is 1. The molecule has 1 heterocycles. The summed E-state index contributed by atoms with van der Waals surface area (Å²) in [6.45, 7) is 3.21. The van der Waals surface area contributed by atoms with Crippen molar-refractivity contribution in [3.63, 3.8) is 0 Å². The number of aromatic amines is 1. The van der Waals surface area contributed by atoms with Crippen LogP contribution in [-0.2, 0) is 16.0 Å². The molecule has 1 aromatic heterocycles. The van der Waals surface area contributed by atoms with E-state index in [1.807, 2.05) is 30.5 Å². The highest BCUT2D eigenvalue weighted by Gasteiger charge is 2.24. The van der Waals surface area contributed by atoms with Crippen molar-refractivity contribution in [3.05, 3.63) is 36.0 Å². The number of para-hydroxylation sites is 1. The highest BCUT2D eigenvalue weighted by molar-refractivity contribution is 5.88. The van der Waals surface area contributed by atoms with Crippen molar-refractivity contribution in [2.24, 2.45) is 5.73 Å². The van der Waals surface area contributed by atoms with E-state index in [-0.39, 0.29) is 5.91 Å². The van der Waals surface area contributed by atoms with Gasteiger partial charge in [0.2, 0.25) is 5.91 Å². The van der Waals surface area contributed by atoms with Crippen LogP contribution in [0.3, 0.4) is 0 Å². The molecule has 4 N–H and O–H groups in total. The summed E-state index contributed by atoms with van der Waals surface area (Å²) >= 11 is 0. The van der Waals surface area contributed by atoms with Crippen molar-refractivity contribution in [1.82, 2.24) is 10.3 Å². The predicted octanol–water partition coefficient (Wildman–Crippen LogP) is 1.13. The van der Waals surface area contributed by atoms with Crippen molar-refractivity contribution in [1.29, 1.82) is 0 Å². The largest absolute Gasteiger partial charge is 0.361 e. The number of benzene rings is 1. The third kappa shape index (κ3) is 3.05. The van der Waals surface area contributed by atoms with Crippen molar-refractivity contribution in [2.45, 2.75) is 31.8 Å². The molecule has 1 atom stereocenters. The van der Waals surface area contributed by atoms with E-state index in [1.54, 1.807) is 13.8 Å². The number of carbonyl (C=O) groups excluding carboxylic acids is 2. The van der Waals surface area contributed by atoms with Gasteiger partial charge in [-0.05, 0) is 25.5 Å². The molecule has 5 heteroatoms. The Morgan fingerprint density at radius 3 is 2.80 bits per heavy atom. The summed E-state index contributed by atoms with van der Waals surface area (Å²) in [5, 5.41) is 3.72. The Kier molecular flexibility index (Phi) is 3.90. The second-order valence-electron chi connectivity index (χ2n) is 5.50. The third-order valence-electron chi connectivity index (χ3n) is 3.18. The second kappa shape index (κ2) is 5.46. The minimum absolute atomic E-state index is 0.338. The molecule has 0 aliphatic rings. The monoisotopic (exact) mass is 273 g/mol. The first-order valence-electron chi connectivity index (χ1n) is 6.52. The fraction of sp³-hybridized carbons (Fsp3) is 0.333. The number of hydrogen-bond donors (Lipinski definition) is 3. The number of amides is 1. The summed E-state index contributed by atoms with van der Waals surface area (Å²) in [5.41, 5.74) is 6.72. The maximum atomic E-state index is 11.8. The Labute approximate surface area is 117 Å². The fourth-order valence-corrected chi connectivity index (χ4v) is 2.02. The first-order chi connectivity index (χ1) is 9.41. The predicted molar refractivity (Wildman–Crippen MR) is 78.3 cm³/mol. The van der Waals surface area contributed by atoms with Gasteiger partial charge in [-0.25, -0.2) is 0 Å². The molecule has 0 spiro atoms. The molecule has 1 amide bonds. The van der Waals surface area contributed by atoms with E-state index in [0.29, 0.717) is 6.42 Å². The summed E-state index contributed by atoms with van der Waals surface area (Å²) in [4.78, 5) is 26.1. The highest BCUT2D eigenvalue weighted by atomic mass is 16.2. The summed E-state index contributed by atoms with van der Waals surface area (Å²) in [5.74, 6) is -0.338. The third-order valence-corrected chi connectivity index (χ3v) is 3.18. The van der Waals surface area contributed by atoms with Crippen LogP contribution in [0.2, 0.25) is 0 Å². The van der Waals surface area contributed by atoms with E-state index in [0.717, 1.165) is 22.8 Å². The molecule has 0 unspecified atom stereocenters. The van der Waals surface area contributed by atoms with E-state index < -0.39 is 11.6 Å². The maximum Gasteiger partial charge on any atom is 0.240 e. The quantitative estimate of drug-likeness (QED) is 0.714. The lowest BCUT2D eigenvalue weighted by Crippen LogP contribution is -2.53. The van der Waals surface area contributed by atoms with E-state index in [2.05, 4.69) is 10.3 Å². The van der Waals surface area contributed by atoms with E-state index in [1.165, 1.54) is 0 Å². The Hall–Kier alpha value is -2.14. The average Bonchev–Trinajstić information content (AvgIpc) is 2.80. The number of aromatic nitrogens is 1. The smallest absolute Gasteiger partial charge is 0.240 e. The Bertz CT molecular complexity index is 625. The van der Waals surface area contributed by atoms with Crippen molar-refractivity contribution < 1.29 is 9.59 Å². The van der Waals surface area contributed by atoms with E-state index in [4.69, 9.17) is 5.73 Å². The molecule has 0 saturated carbocycles. The number of nitrogens with one attached hydrogen (secondary N) is 2. The summed E-state index contributed by atoms with van der Waals surface area (Å²) in [7, 11) is 0. The van der Waals surface area contributed by atoms with Crippen LogP contribution in [0.4, 0.5) is 0 Å². The van der Waals surface area contributed by atoms with Crippen LogP contribution >= 0.6 is 0 Å². The molecule has 5 nitrogen and oxygen atoms in total. The zero-order valence-corrected chi connectivity index (χ0v) is 11.6. The van der Waals surface area contributed by atoms with Crippen LogP contribution in [0, 0.1) is 0 Å². The Morgan fingerprint density at radius 2 is 2.15 bits per heavy atom. The molecule has 1 aromatic carbocycles. The topological polar surface area (TPSA) is 88.0 Å². The van der Waals surface area contributed by atoms with Gasteiger partial charge in [-0.1, -0.05) is 18.2 Å². The van der Waals surface area contributed by atoms with Crippen LogP contribution in [-0.4, -0.2) is 28.8 Å². The van der Waals surface area contributed by atoms with Crippen molar-refractivity contribution in [3.8, 4) is 0 Å². The van der Waals surface area contributed by atoms with Gasteiger partial charge in [0, 0.05) is 23.5 Å². The maximum absolute atomic E-state index is 11.8. The van der Waals surface area contributed by atoms with Gasteiger partial charge in [0.1, 0.15) is 6.29 Å². The number of fused-ring (bicyclic) bond motifs is 1. The molecule has 0 radical (unpaired) electrons. The zero-order chi connectivity index (χ0) is 14.8. The number of aldehydes is 1. The molecule has 2 rings (SSSR count). The fourth-order valence-electron chi connectivity index (χ4n) is 2.02. The van der Waals surface area contributed by atoms with Crippen LogP contribution in [0.15, 0.2) is 30.5 Å². The summed E-state index contributed by atoms with van der Waals surface area (Å²) in [6, 6.07) is 7.26. The van der Waals surface area contributed by atoms with Crippen LogP contribution < -0.4 is 11.1 Å². The van der Waals surface area contributed by atoms with Gasteiger partial charge in [-0.15, -0.1) is 0 Å². The van der Waals surface area contributed by atoms with Crippen LogP contribution in [0.5, 0.6) is 0 Å². The van der Waals surface area contributed by atoms with Gasteiger partial charge in [0.25, 0.3) is 0 Å². The second-order valence-corrected chi connectivity index (χ2v) is 5.50. The van der Waals surface area contributed by atoms with Crippen molar-refractivity contribution in [2.75, 3.05) is 0 Å². The molecule has 0 fully saturated rings. The molecule has 0 aliphatic heterocycles. The first kappa shape index (κ1) is 14.3. The minimum atomic E-state index is -0.999. The van der Waals surface area contributed by atoms with E-state index in [9.17, 15) is 9.59 Å². The number of rotatable bonds is 5. The van der Waals surface area contributed by atoms with Gasteiger partial charge < -0.3 is 20.8 Å². The lowest BCUT2D eigenvalue weighted by Gasteiger charge is -2.21. The highest BCUT2D eigenvalue weighted by Crippen LogP contribution is 2.18. The summed E-state index contributed by atoms with van der Waals surface area (Å²) in [6.07, 6.45) is 3.04. The lowest BCUT2D eigenvalue weighted by molar-refractivity contribution is -0.127. The van der Waals surface area contributed by atoms with Gasteiger partial charge in [-0.3, -0.25) is 4.79 Å². The van der Waals surface area contributed by atoms with Crippen molar-refractivity contribution >= 4 is 23.1 Å². The minimum Gasteiger partial charge on any atom is -0.361 e. The molecule has 2 aromatic rings. The lowest BCUT2D eigenvalue weighted by atomic mass is 10.0. The number of H-pyrrole nitrogens is 1. The summed E-state index contributed by atoms with van der Waals surface area (Å²) < 4.78 is 0. The van der Waals surface area contributed by atoms with Gasteiger partial charge in [-0.2, -0.15) is 0 Å². The normalized spacial score (nSPS) is 13.2. The molecule has 0 bridgehead atoms. The number of hydrogen-bond acceptors (Lipinski definition) is 3. The molecule has 0 saturated heterocycles. The van der Waals surface area contributed by atoms with Crippen LogP contribution in [0.25, 0.3) is 10.9 Å². The van der Waals surface area contributed by atoms with Gasteiger partial charge in [0.05, 0.1) is 11.6 Å². The molecule has 0 aliphatic carbocycles. The molecular weight excluding hydrogens is 254 g/mol. The van der Waals surface area contributed by atoms with Gasteiger partial charge in [0.15, 0.2) is 0 Å². The number of carbonyl (C=O) groups is 2. The average molecular weight is 273 g/mol.